The second kappa shape index (κ2) is 6.87. The van der Waals surface area contributed by atoms with Crippen LogP contribution in [0.4, 0.5) is 0 Å². The van der Waals surface area contributed by atoms with E-state index >= 15 is 0 Å². The van der Waals surface area contributed by atoms with Gasteiger partial charge < -0.3 is 10.1 Å². The van der Waals surface area contributed by atoms with Crippen molar-refractivity contribution in [1.82, 2.24) is 10.3 Å². The molecule has 5 heteroatoms. The number of nitrogens with zero attached hydrogens (tertiary/aromatic N) is 1. The van der Waals surface area contributed by atoms with Crippen molar-refractivity contribution in [3.63, 3.8) is 0 Å². The molecule has 0 radical (unpaired) electrons. The average molecular weight is 283 g/mol. The molecule has 1 aliphatic carbocycles. The molecule has 1 heterocycles. The normalized spacial score (nSPS) is 23.1. The van der Waals surface area contributed by atoms with E-state index in [0.717, 1.165) is 25.0 Å². The zero-order valence-corrected chi connectivity index (χ0v) is 11.8. The number of rotatable bonds is 4. The standard InChI is InChI=1S/C14H19ClN2O2/c1-19-13-5-3-2-4-12(13)17-14(18)8-11-7-6-10(15)9-16-11/h6-7,9,12-13H,2-5,8H2,1H3,(H,17,18). The molecule has 0 bridgehead atoms. The summed E-state index contributed by atoms with van der Waals surface area (Å²) in [5.41, 5.74) is 0.728. The molecule has 0 saturated heterocycles. The van der Waals surface area contributed by atoms with E-state index < -0.39 is 0 Å². The van der Waals surface area contributed by atoms with E-state index in [1.807, 2.05) is 0 Å². The van der Waals surface area contributed by atoms with Crippen molar-refractivity contribution in [1.29, 1.82) is 0 Å². The van der Waals surface area contributed by atoms with E-state index in [1.165, 1.54) is 6.42 Å². The molecule has 4 nitrogen and oxygen atoms in total. The molecule has 1 fully saturated rings. The Morgan fingerprint density at radius 3 is 2.95 bits per heavy atom. The lowest BCUT2D eigenvalue weighted by Crippen LogP contribution is -2.46. The molecule has 1 saturated carbocycles. The van der Waals surface area contributed by atoms with E-state index in [1.54, 1.807) is 25.4 Å². The van der Waals surface area contributed by atoms with Gasteiger partial charge in [0, 0.05) is 19.0 Å². The summed E-state index contributed by atoms with van der Waals surface area (Å²) in [6.45, 7) is 0. The van der Waals surface area contributed by atoms with Crippen molar-refractivity contribution < 1.29 is 9.53 Å². The summed E-state index contributed by atoms with van der Waals surface area (Å²) in [6.07, 6.45) is 6.29. The summed E-state index contributed by atoms with van der Waals surface area (Å²) in [4.78, 5) is 16.1. The Morgan fingerprint density at radius 1 is 1.47 bits per heavy atom. The molecule has 0 aliphatic heterocycles. The fraction of sp³-hybridized carbons (Fsp3) is 0.571. The monoisotopic (exact) mass is 282 g/mol. The first-order valence-electron chi connectivity index (χ1n) is 6.61. The molecule has 1 aromatic heterocycles. The van der Waals surface area contributed by atoms with Crippen molar-refractivity contribution in [3.8, 4) is 0 Å². The maximum absolute atomic E-state index is 12.0. The van der Waals surface area contributed by atoms with Gasteiger partial charge in [-0.15, -0.1) is 0 Å². The first kappa shape index (κ1) is 14.3. The Hall–Kier alpha value is -1.13. The van der Waals surface area contributed by atoms with Gasteiger partial charge in [0.15, 0.2) is 0 Å². The number of carbonyl (C=O) groups excluding carboxylic acids is 1. The van der Waals surface area contributed by atoms with Crippen LogP contribution in [0.3, 0.4) is 0 Å². The van der Waals surface area contributed by atoms with Gasteiger partial charge in [-0.05, 0) is 25.0 Å². The molecule has 2 unspecified atom stereocenters. The number of methoxy groups -OCH3 is 1. The van der Waals surface area contributed by atoms with Crippen LogP contribution in [0.25, 0.3) is 0 Å². The van der Waals surface area contributed by atoms with E-state index in [9.17, 15) is 4.79 Å². The van der Waals surface area contributed by atoms with Crippen LogP contribution in [0.2, 0.25) is 5.02 Å². The van der Waals surface area contributed by atoms with Crippen LogP contribution in [0.5, 0.6) is 0 Å². The SMILES string of the molecule is COC1CCCCC1NC(=O)Cc1ccc(Cl)cn1. The lowest BCUT2D eigenvalue weighted by Gasteiger charge is -2.31. The first-order valence-corrected chi connectivity index (χ1v) is 6.99. The lowest BCUT2D eigenvalue weighted by atomic mass is 9.92. The number of hydrogen-bond acceptors (Lipinski definition) is 3. The summed E-state index contributed by atoms with van der Waals surface area (Å²) >= 11 is 5.76. The molecule has 1 amide bonds. The highest BCUT2D eigenvalue weighted by atomic mass is 35.5. The number of ether oxygens (including phenoxy) is 1. The van der Waals surface area contributed by atoms with E-state index in [-0.39, 0.29) is 24.5 Å². The molecule has 1 N–H and O–H groups in total. The first-order chi connectivity index (χ1) is 9.19. The Balaban J connectivity index is 1.88. The minimum atomic E-state index is -0.0104. The van der Waals surface area contributed by atoms with Gasteiger partial charge in [0.05, 0.1) is 23.6 Å². The molecule has 2 rings (SSSR count). The average Bonchev–Trinajstić information content (AvgIpc) is 2.42. The smallest absolute Gasteiger partial charge is 0.226 e. The number of aromatic nitrogens is 1. The summed E-state index contributed by atoms with van der Waals surface area (Å²) in [5.74, 6) is -0.0104. The van der Waals surface area contributed by atoms with Crippen LogP contribution in [-0.2, 0) is 16.0 Å². The van der Waals surface area contributed by atoms with Crippen molar-refractivity contribution in [2.45, 2.75) is 44.2 Å². The summed E-state index contributed by atoms with van der Waals surface area (Å²) in [6, 6.07) is 3.64. The molecule has 1 aliphatic rings. The topological polar surface area (TPSA) is 51.2 Å². The molecule has 1 aromatic rings. The van der Waals surface area contributed by atoms with E-state index in [0.29, 0.717) is 5.02 Å². The Bertz CT molecular complexity index is 422. The minimum Gasteiger partial charge on any atom is -0.379 e. The highest BCUT2D eigenvalue weighted by Crippen LogP contribution is 2.20. The van der Waals surface area contributed by atoms with Crippen LogP contribution in [-0.4, -0.2) is 30.1 Å². The summed E-state index contributed by atoms with van der Waals surface area (Å²) in [5, 5.41) is 3.63. The number of nitrogens with one attached hydrogen (secondary N) is 1. The minimum absolute atomic E-state index is 0.0104. The van der Waals surface area contributed by atoms with Gasteiger partial charge in [-0.3, -0.25) is 9.78 Å². The summed E-state index contributed by atoms with van der Waals surface area (Å²) in [7, 11) is 1.70. The fourth-order valence-corrected chi connectivity index (χ4v) is 2.59. The number of amides is 1. The predicted octanol–water partition coefficient (Wildman–Crippen LogP) is 2.35. The van der Waals surface area contributed by atoms with Gasteiger partial charge >= 0.3 is 0 Å². The third-order valence-electron chi connectivity index (χ3n) is 3.48. The number of pyridine rings is 1. The molecule has 0 aromatic carbocycles. The number of carbonyl (C=O) groups is 1. The van der Waals surface area contributed by atoms with Crippen molar-refractivity contribution >= 4 is 17.5 Å². The molecule has 104 valence electrons. The molecule has 0 spiro atoms. The van der Waals surface area contributed by atoms with Gasteiger partial charge in [0.1, 0.15) is 0 Å². The third-order valence-corrected chi connectivity index (χ3v) is 3.71. The third kappa shape index (κ3) is 4.18. The van der Waals surface area contributed by atoms with Crippen molar-refractivity contribution in [3.05, 3.63) is 29.0 Å². The zero-order chi connectivity index (χ0) is 13.7. The van der Waals surface area contributed by atoms with E-state index in [4.69, 9.17) is 16.3 Å². The summed E-state index contributed by atoms with van der Waals surface area (Å²) < 4.78 is 5.42. The van der Waals surface area contributed by atoms with E-state index in [2.05, 4.69) is 10.3 Å². The van der Waals surface area contributed by atoms with Crippen molar-refractivity contribution in [2.24, 2.45) is 0 Å². The molecule has 2 atom stereocenters. The maximum atomic E-state index is 12.0. The van der Waals surface area contributed by atoms with Crippen LogP contribution in [0, 0.1) is 0 Å². The van der Waals surface area contributed by atoms with Gasteiger partial charge in [-0.25, -0.2) is 0 Å². The van der Waals surface area contributed by atoms with Gasteiger partial charge in [0.2, 0.25) is 5.91 Å². The fourth-order valence-electron chi connectivity index (χ4n) is 2.48. The lowest BCUT2D eigenvalue weighted by molar-refractivity contribution is -0.122. The second-order valence-electron chi connectivity index (χ2n) is 4.88. The second-order valence-corrected chi connectivity index (χ2v) is 5.31. The number of halogens is 1. The Kier molecular flexibility index (Phi) is 5.16. The predicted molar refractivity (Wildman–Crippen MR) is 74.1 cm³/mol. The highest BCUT2D eigenvalue weighted by Gasteiger charge is 2.26. The van der Waals surface area contributed by atoms with Gasteiger partial charge in [-0.1, -0.05) is 24.4 Å². The largest absolute Gasteiger partial charge is 0.379 e. The number of hydrogen-bond donors (Lipinski definition) is 1. The molecular formula is C14H19ClN2O2. The zero-order valence-electron chi connectivity index (χ0n) is 11.1. The van der Waals surface area contributed by atoms with Crippen LogP contribution < -0.4 is 5.32 Å². The Morgan fingerprint density at radius 2 is 2.26 bits per heavy atom. The van der Waals surface area contributed by atoms with Crippen LogP contribution >= 0.6 is 11.6 Å². The van der Waals surface area contributed by atoms with Crippen molar-refractivity contribution in [2.75, 3.05) is 7.11 Å². The van der Waals surface area contributed by atoms with Crippen LogP contribution in [0.1, 0.15) is 31.4 Å². The molecule has 19 heavy (non-hydrogen) atoms. The molecular weight excluding hydrogens is 264 g/mol. The maximum Gasteiger partial charge on any atom is 0.226 e. The van der Waals surface area contributed by atoms with Gasteiger partial charge in [0.25, 0.3) is 0 Å². The highest BCUT2D eigenvalue weighted by molar-refractivity contribution is 6.30. The quantitative estimate of drug-likeness (QED) is 0.922. The Labute approximate surface area is 118 Å². The van der Waals surface area contributed by atoms with Gasteiger partial charge in [-0.2, -0.15) is 0 Å². The van der Waals surface area contributed by atoms with Crippen LogP contribution in [0.15, 0.2) is 18.3 Å².